The lowest BCUT2D eigenvalue weighted by Crippen LogP contribution is -2.18. The summed E-state index contributed by atoms with van der Waals surface area (Å²) in [5.41, 5.74) is 3.37. The van der Waals surface area contributed by atoms with E-state index in [2.05, 4.69) is 15.5 Å². The van der Waals surface area contributed by atoms with Gasteiger partial charge in [-0.2, -0.15) is 5.10 Å². The highest BCUT2D eigenvalue weighted by atomic mass is 16.2. The van der Waals surface area contributed by atoms with Crippen molar-refractivity contribution in [2.24, 2.45) is 11.0 Å². The zero-order chi connectivity index (χ0) is 9.80. The molecule has 1 aliphatic carbocycles. The van der Waals surface area contributed by atoms with E-state index in [4.69, 9.17) is 0 Å². The van der Waals surface area contributed by atoms with Gasteiger partial charge in [0.2, 0.25) is 5.91 Å². The molecule has 1 amide bonds. The number of hydrazone groups is 1. The lowest BCUT2D eigenvalue weighted by atomic mass is 10.3. The largest absolute Gasteiger partial charge is 0.273 e. The molecule has 1 aromatic heterocycles. The average Bonchev–Trinajstić information content (AvgIpc) is 3.02. The molecule has 0 radical (unpaired) electrons. The topological polar surface area (TPSA) is 54.4 Å². The Bertz CT molecular complexity index is 344. The number of nitrogens with zero attached hydrogens (tertiary/aromatic N) is 2. The van der Waals surface area contributed by atoms with Gasteiger partial charge in [-0.25, -0.2) is 5.43 Å². The molecule has 0 aromatic carbocycles. The van der Waals surface area contributed by atoms with Crippen LogP contribution in [0.4, 0.5) is 0 Å². The van der Waals surface area contributed by atoms with Crippen LogP contribution in [-0.4, -0.2) is 17.1 Å². The standard InChI is InChI=1S/C10H11N3O/c14-10(9-3-4-9)13-12-7-8-2-1-5-11-6-8/h1-2,5-7,9H,3-4H2,(H,13,14). The zero-order valence-corrected chi connectivity index (χ0v) is 7.68. The number of aromatic nitrogens is 1. The van der Waals surface area contributed by atoms with Crippen LogP contribution in [0.3, 0.4) is 0 Å². The Hall–Kier alpha value is -1.71. The van der Waals surface area contributed by atoms with Crippen molar-refractivity contribution >= 4 is 12.1 Å². The molecule has 0 atom stereocenters. The molecule has 0 spiro atoms. The lowest BCUT2D eigenvalue weighted by Gasteiger charge is -1.94. The highest BCUT2D eigenvalue weighted by Gasteiger charge is 2.29. The third-order valence-electron chi connectivity index (χ3n) is 2.02. The predicted octanol–water partition coefficient (Wildman–Crippen LogP) is 0.942. The molecular formula is C10H11N3O. The summed E-state index contributed by atoms with van der Waals surface area (Å²) in [6, 6.07) is 3.70. The van der Waals surface area contributed by atoms with Crippen LogP contribution in [0.25, 0.3) is 0 Å². The Morgan fingerprint density at radius 3 is 3.14 bits per heavy atom. The van der Waals surface area contributed by atoms with E-state index >= 15 is 0 Å². The van der Waals surface area contributed by atoms with Crippen LogP contribution in [-0.2, 0) is 4.79 Å². The molecule has 0 saturated heterocycles. The van der Waals surface area contributed by atoms with Gasteiger partial charge in [-0.3, -0.25) is 9.78 Å². The van der Waals surface area contributed by atoms with Crippen LogP contribution in [0, 0.1) is 5.92 Å². The number of hydrogen-bond donors (Lipinski definition) is 1. The Balaban J connectivity index is 1.85. The first kappa shape index (κ1) is 8.87. The van der Waals surface area contributed by atoms with Gasteiger partial charge in [-0.15, -0.1) is 0 Å². The predicted molar refractivity (Wildman–Crippen MR) is 52.7 cm³/mol. The summed E-state index contributed by atoms with van der Waals surface area (Å²) in [7, 11) is 0. The van der Waals surface area contributed by atoms with Gasteiger partial charge in [0.05, 0.1) is 6.21 Å². The molecule has 1 aromatic rings. The molecule has 72 valence electrons. The molecule has 4 heteroatoms. The van der Waals surface area contributed by atoms with Crippen LogP contribution in [0.1, 0.15) is 18.4 Å². The molecule has 1 saturated carbocycles. The number of amides is 1. The number of rotatable bonds is 3. The fraction of sp³-hybridized carbons (Fsp3) is 0.300. The molecule has 0 aliphatic heterocycles. The molecule has 1 fully saturated rings. The van der Waals surface area contributed by atoms with E-state index in [1.54, 1.807) is 18.6 Å². The number of hydrogen-bond acceptors (Lipinski definition) is 3. The van der Waals surface area contributed by atoms with Crippen LogP contribution in [0.15, 0.2) is 29.6 Å². The van der Waals surface area contributed by atoms with E-state index < -0.39 is 0 Å². The first-order valence-electron chi connectivity index (χ1n) is 4.59. The van der Waals surface area contributed by atoms with Gasteiger partial charge in [-0.1, -0.05) is 6.07 Å². The summed E-state index contributed by atoms with van der Waals surface area (Å²) in [5, 5.41) is 3.84. The Labute approximate surface area is 82.0 Å². The Morgan fingerprint density at radius 1 is 1.64 bits per heavy atom. The number of carbonyl (C=O) groups excluding carboxylic acids is 1. The summed E-state index contributed by atoms with van der Waals surface area (Å²) in [4.78, 5) is 15.1. The van der Waals surface area contributed by atoms with E-state index in [1.807, 2.05) is 12.1 Å². The number of pyridine rings is 1. The number of nitrogens with one attached hydrogen (secondary N) is 1. The SMILES string of the molecule is O=C(NN=Cc1cccnc1)C1CC1. The molecular weight excluding hydrogens is 178 g/mol. The van der Waals surface area contributed by atoms with Gasteiger partial charge < -0.3 is 0 Å². The van der Waals surface area contributed by atoms with E-state index in [0.717, 1.165) is 18.4 Å². The van der Waals surface area contributed by atoms with Crippen molar-refractivity contribution in [1.82, 2.24) is 10.4 Å². The smallest absolute Gasteiger partial charge is 0.243 e. The maximum absolute atomic E-state index is 11.2. The minimum atomic E-state index is 0.0186. The summed E-state index contributed by atoms with van der Waals surface area (Å²) in [5.74, 6) is 0.214. The molecule has 1 aliphatic rings. The van der Waals surface area contributed by atoms with Crippen molar-refractivity contribution in [1.29, 1.82) is 0 Å². The van der Waals surface area contributed by atoms with Crippen molar-refractivity contribution < 1.29 is 4.79 Å². The Kier molecular flexibility index (Phi) is 2.53. The minimum Gasteiger partial charge on any atom is -0.273 e. The summed E-state index contributed by atoms with van der Waals surface area (Å²) in [6.45, 7) is 0. The van der Waals surface area contributed by atoms with Gasteiger partial charge in [0.15, 0.2) is 0 Å². The first-order chi connectivity index (χ1) is 6.86. The third kappa shape index (κ3) is 2.39. The van der Waals surface area contributed by atoms with Crippen molar-refractivity contribution in [3.05, 3.63) is 30.1 Å². The van der Waals surface area contributed by atoms with Crippen LogP contribution < -0.4 is 5.43 Å². The van der Waals surface area contributed by atoms with Gasteiger partial charge in [0, 0.05) is 23.9 Å². The number of carbonyl (C=O) groups is 1. The van der Waals surface area contributed by atoms with Crippen molar-refractivity contribution in [3.8, 4) is 0 Å². The average molecular weight is 189 g/mol. The monoisotopic (exact) mass is 189 g/mol. The minimum absolute atomic E-state index is 0.0186. The second-order valence-electron chi connectivity index (χ2n) is 3.29. The van der Waals surface area contributed by atoms with E-state index in [1.165, 1.54) is 0 Å². The zero-order valence-electron chi connectivity index (χ0n) is 7.68. The maximum Gasteiger partial charge on any atom is 0.243 e. The lowest BCUT2D eigenvalue weighted by molar-refractivity contribution is -0.122. The van der Waals surface area contributed by atoms with Crippen molar-refractivity contribution in [3.63, 3.8) is 0 Å². The highest BCUT2D eigenvalue weighted by Crippen LogP contribution is 2.28. The van der Waals surface area contributed by atoms with Gasteiger partial charge >= 0.3 is 0 Å². The molecule has 4 nitrogen and oxygen atoms in total. The van der Waals surface area contributed by atoms with Gasteiger partial charge in [0.1, 0.15) is 0 Å². The highest BCUT2D eigenvalue weighted by molar-refractivity contribution is 5.84. The quantitative estimate of drug-likeness (QED) is 0.568. The molecule has 0 unspecified atom stereocenters. The maximum atomic E-state index is 11.2. The normalized spacial score (nSPS) is 15.7. The molecule has 0 bridgehead atoms. The van der Waals surface area contributed by atoms with E-state index in [0.29, 0.717) is 0 Å². The summed E-state index contributed by atoms with van der Waals surface area (Å²) in [6.07, 6.45) is 6.96. The van der Waals surface area contributed by atoms with Crippen LogP contribution in [0.2, 0.25) is 0 Å². The van der Waals surface area contributed by atoms with E-state index in [-0.39, 0.29) is 11.8 Å². The van der Waals surface area contributed by atoms with Crippen LogP contribution in [0.5, 0.6) is 0 Å². The molecule has 2 rings (SSSR count). The van der Waals surface area contributed by atoms with Crippen molar-refractivity contribution in [2.45, 2.75) is 12.8 Å². The van der Waals surface area contributed by atoms with Gasteiger partial charge in [-0.05, 0) is 18.9 Å². The second-order valence-corrected chi connectivity index (χ2v) is 3.29. The third-order valence-corrected chi connectivity index (χ3v) is 2.02. The van der Waals surface area contributed by atoms with Crippen molar-refractivity contribution in [2.75, 3.05) is 0 Å². The fourth-order valence-electron chi connectivity index (χ4n) is 1.06. The first-order valence-corrected chi connectivity index (χ1v) is 4.59. The molecule has 1 heterocycles. The summed E-state index contributed by atoms with van der Waals surface area (Å²) < 4.78 is 0. The van der Waals surface area contributed by atoms with Gasteiger partial charge in [0.25, 0.3) is 0 Å². The second kappa shape index (κ2) is 4.00. The molecule has 1 N–H and O–H groups in total. The Morgan fingerprint density at radius 2 is 2.50 bits per heavy atom. The van der Waals surface area contributed by atoms with Crippen LogP contribution >= 0.6 is 0 Å². The molecule has 14 heavy (non-hydrogen) atoms. The van der Waals surface area contributed by atoms with E-state index in [9.17, 15) is 4.79 Å². The summed E-state index contributed by atoms with van der Waals surface area (Å²) >= 11 is 0. The fourth-order valence-corrected chi connectivity index (χ4v) is 1.06.